The molecule has 1 saturated heterocycles. The molecule has 2 N–H and O–H groups in total. The van der Waals surface area contributed by atoms with E-state index in [0.29, 0.717) is 29.9 Å². The van der Waals surface area contributed by atoms with Crippen LogP contribution in [0, 0.1) is 34.5 Å². The molecular weight excluding hydrogens is 334 g/mol. The van der Waals surface area contributed by atoms with Crippen LogP contribution in [0.25, 0.3) is 0 Å². The van der Waals surface area contributed by atoms with E-state index in [1.807, 2.05) is 6.08 Å². The van der Waals surface area contributed by atoms with Gasteiger partial charge in [0.15, 0.2) is 0 Å². The van der Waals surface area contributed by atoms with Crippen LogP contribution in [0.15, 0.2) is 11.8 Å². The van der Waals surface area contributed by atoms with Gasteiger partial charge in [-0.1, -0.05) is 19.9 Å². The van der Waals surface area contributed by atoms with E-state index in [0.717, 1.165) is 37.0 Å². The fraction of sp³-hybridized carbons (Fsp3) is 0.750. The predicted molar refractivity (Wildman–Crippen MR) is 93.1 cm³/mol. The Bertz CT molecular complexity index is 715. The minimum absolute atomic E-state index is 0.161. The van der Waals surface area contributed by atoms with Gasteiger partial charge in [-0.2, -0.15) is 0 Å². The Kier molecular flexibility index (Phi) is 3.76. The van der Waals surface area contributed by atoms with Crippen LogP contribution in [-0.4, -0.2) is 33.1 Å². The number of fused-ring (bicyclic) bond motifs is 5. The first-order valence-corrected chi connectivity index (χ1v) is 9.69. The first kappa shape index (κ1) is 17.6. The quantitative estimate of drug-likeness (QED) is 0.742. The molecule has 2 amide bonds. The molecule has 4 rings (SSSR count). The number of piperidine rings is 1. The van der Waals surface area contributed by atoms with E-state index in [2.05, 4.69) is 13.8 Å². The summed E-state index contributed by atoms with van der Waals surface area (Å²) < 4.78 is 0. The lowest BCUT2D eigenvalue weighted by molar-refractivity contribution is -0.150. The second-order valence-corrected chi connectivity index (χ2v) is 9.14. The van der Waals surface area contributed by atoms with Gasteiger partial charge in [-0.15, -0.1) is 0 Å². The van der Waals surface area contributed by atoms with E-state index in [1.165, 1.54) is 0 Å². The molecule has 0 aromatic carbocycles. The van der Waals surface area contributed by atoms with Crippen molar-refractivity contribution in [2.24, 2.45) is 34.5 Å². The maximum atomic E-state index is 12.2. The van der Waals surface area contributed by atoms with Gasteiger partial charge in [0.25, 0.3) is 0 Å². The highest BCUT2D eigenvalue weighted by Gasteiger charge is 2.61. The number of nitrogens with zero attached hydrogens (tertiary/aromatic N) is 1. The molecule has 142 valence electrons. The number of amides is 2. The van der Waals surface area contributed by atoms with Crippen LogP contribution in [0.2, 0.25) is 0 Å². The van der Waals surface area contributed by atoms with Gasteiger partial charge in [0.1, 0.15) is 0 Å². The number of aliphatic carboxylic acids is 1. The molecule has 2 saturated carbocycles. The summed E-state index contributed by atoms with van der Waals surface area (Å²) in [7, 11) is 0. The van der Waals surface area contributed by atoms with Crippen molar-refractivity contribution in [2.45, 2.75) is 58.8 Å². The lowest BCUT2D eigenvalue weighted by atomic mass is 9.49. The van der Waals surface area contributed by atoms with Crippen LogP contribution < -0.4 is 0 Å². The first-order valence-electron chi connectivity index (χ1n) is 9.69. The SMILES string of the molecule is C[C@]12CCC(=O)N(C(=O)O)C1=CC[C@@H]1[C@H]2CC[C@]2(C)C(C(=O)O)CC[C@@H]12. The van der Waals surface area contributed by atoms with Crippen LogP contribution in [0.1, 0.15) is 58.8 Å². The third-order valence-electron chi connectivity index (χ3n) is 8.26. The van der Waals surface area contributed by atoms with Crippen LogP contribution in [0.5, 0.6) is 0 Å². The Morgan fingerprint density at radius 1 is 1.12 bits per heavy atom. The number of hydrogen-bond donors (Lipinski definition) is 2. The summed E-state index contributed by atoms with van der Waals surface area (Å²) in [5.41, 5.74) is 0.197. The zero-order valence-corrected chi connectivity index (χ0v) is 15.4. The molecule has 3 fully saturated rings. The Hall–Kier alpha value is -1.85. The standard InChI is InChI=1S/C20H27NO5/c1-19-9-7-13-11(12(19)4-5-14(19)17(23)24)3-6-15-20(13,2)10-8-16(22)21(15)18(25)26/h6,11-14H,3-5,7-10H2,1-2H3,(H,23,24)(H,25,26)/t11-,12-,13+,14?,19-,20+/m0/s1. The van der Waals surface area contributed by atoms with Gasteiger partial charge >= 0.3 is 12.1 Å². The van der Waals surface area contributed by atoms with E-state index >= 15 is 0 Å². The highest BCUT2D eigenvalue weighted by Crippen LogP contribution is 2.66. The van der Waals surface area contributed by atoms with Gasteiger partial charge in [-0.3, -0.25) is 9.59 Å². The average molecular weight is 361 g/mol. The number of hydrogen-bond acceptors (Lipinski definition) is 3. The maximum absolute atomic E-state index is 12.2. The molecule has 0 spiro atoms. The minimum Gasteiger partial charge on any atom is -0.481 e. The van der Waals surface area contributed by atoms with Gasteiger partial charge in [-0.05, 0) is 61.7 Å². The molecule has 26 heavy (non-hydrogen) atoms. The van der Waals surface area contributed by atoms with Crippen molar-refractivity contribution in [3.05, 3.63) is 11.8 Å². The number of carboxylic acids is 1. The molecule has 4 aliphatic rings. The highest BCUT2D eigenvalue weighted by atomic mass is 16.4. The molecule has 6 atom stereocenters. The average Bonchev–Trinajstić information content (AvgIpc) is 2.92. The summed E-state index contributed by atoms with van der Waals surface area (Å²) in [4.78, 5) is 36.6. The van der Waals surface area contributed by atoms with E-state index in [9.17, 15) is 24.6 Å². The summed E-state index contributed by atoms with van der Waals surface area (Å²) in [6.45, 7) is 4.26. The Morgan fingerprint density at radius 3 is 2.50 bits per heavy atom. The molecular formula is C20H27NO5. The molecule has 0 radical (unpaired) electrons. The van der Waals surface area contributed by atoms with Crippen LogP contribution >= 0.6 is 0 Å². The zero-order valence-electron chi connectivity index (χ0n) is 15.4. The Morgan fingerprint density at radius 2 is 1.85 bits per heavy atom. The van der Waals surface area contributed by atoms with E-state index < -0.39 is 12.1 Å². The smallest absolute Gasteiger partial charge is 0.418 e. The molecule has 0 aromatic heterocycles. The summed E-state index contributed by atoms with van der Waals surface area (Å²) >= 11 is 0. The van der Waals surface area contributed by atoms with Gasteiger partial charge in [0, 0.05) is 17.5 Å². The predicted octanol–water partition coefficient (Wildman–Crippen LogP) is 3.72. The Labute approximate surface area is 153 Å². The van der Waals surface area contributed by atoms with Gasteiger partial charge in [0.05, 0.1) is 5.92 Å². The second kappa shape index (κ2) is 5.57. The zero-order chi connectivity index (χ0) is 18.9. The molecule has 0 aromatic rings. The largest absolute Gasteiger partial charge is 0.481 e. The van der Waals surface area contributed by atoms with E-state index in [1.54, 1.807) is 0 Å². The number of imide groups is 1. The van der Waals surface area contributed by atoms with Crippen molar-refractivity contribution < 1.29 is 24.6 Å². The number of rotatable bonds is 1. The number of likely N-dealkylation sites (tertiary alicyclic amines) is 1. The van der Waals surface area contributed by atoms with Crippen molar-refractivity contribution in [3.8, 4) is 0 Å². The van der Waals surface area contributed by atoms with Gasteiger partial charge < -0.3 is 10.2 Å². The van der Waals surface area contributed by atoms with Gasteiger partial charge in [0.2, 0.25) is 5.91 Å². The monoisotopic (exact) mass is 361 g/mol. The van der Waals surface area contributed by atoms with E-state index in [-0.39, 0.29) is 29.1 Å². The number of carbonyl (C=O) groups is 3. The number of allylic oxidation sites excluding steroid dienone is 2. The molecule has 1 heterocycles. The Balaban J connectivity index is 1.71. The molecule has 1 unspecified atom stereocenters. The lowest BCUT2D eigenvalue weighted by Crippen LogP contribution is -2.55. The maximum Gasteiger partial charge on any atom is 0.418 e. The summed E-state index contributed by atoms with van der Waals surface area (Å²) in [6.07, 6.45) is 5.96. The second-order valence-electron chi connectivity index (χ2n) is 9.14. The van der Waals surface area contributed by atoms with Crippen molar-refractivity contribution in [2.75, 3.05) is 0 Å². The van der Waals surface area contributed by atoms with Crippen molar-refractivity contribution >= 4 is 18.0 Å². The molecule has 6 heteroatoms. The lowest BCUT2D eigenvalue weighted by Gasteiger charge is -2.57. The third-order valence-corrected chi connectivity index (χ3v) is 8.26. The minimum atomic E-state index is -1.18. The summed E-state index contributed by atoms with van der Waals surface area (Å²) in [6, 6.07) is 0. The molecule has 1 aliphatic heterocycles. The van der Waals surface area contributed by atoms with Crippen LogP contribution in [-0.2, 0) is 9.59 Å². The normalized spacial score (nSPS) is 44.6. The molecule has 0 bridgehead atoms. The fourth-order valence-electron chi connectivity index (χ4n) is 6.97. The topological polar surface area (TPSA) is 94.9 Å². The van der Waals surface area contributed by atoms with E-state index in [4.69, 9.17) is 0 Å². The molecule has 6 nitrogen and oxygen atoms in total. The molecule has 3 aliphatic carbocycles. The van der Waals surface area contributed by atoms with Crippen molar-refractivity contribution in [1.29, 1.82) is 0 Å². The number of carboxylic acid groups (broad SMARTS) is 2. The van der Waals surface area contributed by atoms with Crippen LogP contribution in [0.3, 0.4) is 0 Å². The third kappa shape index (κ3) is 2.13. The number of carbonyl (C=O) groups excluding carboxylic acids is 1. The highest BCUT2D eigenvalue weighted by molar-refractivity contribution is 5.94. The van der Waals surface area contributed by atoms with Crippen LogP contribution in [0.4, 0.5) is 4.79 Å². The van der Waals surface area contributed by atoms with Gasteiger partial charge in [-0.25, -0.2) is 9.69 Å². The first-order chi connectivity index (χ1) is 12.2. The van der Waals surface area contributed by atoms with Crippen molar-refractivity contribution in [1.82, 2.24) is 4.90 Å². The summed E-state index contributed by atoms with van der Waals surface area (Å²) in [5.74, 6) is -0.194. The van der Waals surface area contributed by atoms with Crippen molar-refractivity contribution in [3.63, 3.8) is 0 Å². The summed E-state index contributed by atoms with van der Waals surface area (Å²) in [5, 5.41) is 19.2. The fourth-order valence-corrected chi connectivity index (χ4v) is 6.97.